The standard InChI is InChI=1S/C10H6ClNO4S/c11-8-7(9(14)15)17-10(12-8)16-6-3-1-2-5(13)4-6/h1-4,13H,(H,14,15). The van der Waals surface area contributed by atoms with Crippen LogP contribution in [0.5, 0.6) is 16.7 Å². The highest BCUT2D eigenvalue weighted by Gasteiger charge is 2.16. The van der Waals surface area contributed by atoms with Crippen molar-refractivity contribution in [2.24, 2.45) is 0 Å². The number of aromatic hydroxyl groups is 1. The van der Waals surface area contributed by atoms with Gasteiger partial charge in [-0.3, -0.25) is 0 Å². The van der Waals surface area contributed by atoms with Crippen LogP contribution in [0.2, 0.25) is 5.15 Å². The van der Waals surface area contributed by atoms with Crippen molar-refractivity contribution in [1.82, 2.24) is 4.98 Å². The van der Waals surface area contributed by atoms with Gasteiger partial charge < -0.3 is 14.9 Å². The van der Waals surface area contributed by atoms with Crippen molar-refractivity contribution in [2.45, 2.75) is 0 Å². The second-order valence-corrected chi connectivity index (χ2v) is 4.32. The number of nitrogens with zero attached hydrogens (tertiary/aromatic N) is 1. The molecule has 0 aliphatic rings. The van der Waals surface area contributed by atoms with Crippen LogP contribution >= 0.6 is 22.9 Å². The highest BCUT2D eigenvalue weighted by atomic mass is 35.5. The van der Waals surface area contributed by atoms with Crippen LogP contribution in [0.1, 0.15) is 9.67 Å². The van der Waals surface area contributed by atoms with Gasteiger partial charge in [0.15, 0.2) is 10.0 Å². The van der Waals surface area contributed by atoms with Gasteiger partial charge in [-0.15, -0.1) is 0 Å². The summed E-state index contributed by atoms with van der Waals surface area (Å²) in [5.41, 5.74) is 0. The largest absolute Gasteiger partial charge is 0.508 e. The van der Waals surface area contributed by atoms with Crippen molar-refractivity contribution >= 4 is 28.9 Å². The van der Waals surface area contributed by atoms with E-state index in [1.165, 1.54) is 12.1 Å². The van der Waals surface area contributed by atoms with E-state index in [0.29, 0.717) is 5.75 Å². The quantitative estimate of drug-likeness (QED) is 0.897. The van der Waals surface area contributed by atoms with Crippen LogP contribution in [0.4, 0.5) is 0 Å². The number of halogens is 1. The predicted octanol–water partition coefficient (Wildman–Crippen LogP) is 2.99. The van der Waals surface area contributed by atoms with E-state index in [1.807, 2.05) is 0 Å². The molecule has 0 saturated carbocycles. The molecule has 1 aromatic heterocycles. The Morgan fingerprint density at radius 1 is 1.47 bits per heavy atom. The first kappa shape index (κ1) is 11.7. The van der Waals surface area contributed by atoms with Crippen LogP contribution in [0.15, 0.2) is 24.3 Å². The minimum absolute atomic E-state index is 0.0450. The second kappa shape index (κ2) is 4.60. The fraction of sp³-hybridized carbons (Fsp3) is 0. The van der Waals surface area contributed by atoms with Gasteiger partial charge in [-0.1, -0.05) is 29.0 Å². The molecule has 0 bridgehead atoms. The lowest BCUT2D eigenvalue weighted by Gasteiger charge is -2.00. The number of phenolic OH excluding ortho intramolecular Hbond substituents is 1. The second-order valence-electron chi connectivity index (χ2n) is 3.00. The summed E-state index contributed by atoms with van der Waals surface area (Å²) in [5, 5.41) is 18.0. The number of carboxylic acid groups (broad SMARTS) is 1. The number of benzene rings is 1. The van der Waals surface area contributed by atoms with Crippen molar-refractivity contribution in [1.29, 1.82) is 0 Å². The maximum absolute atomic E-state index is 10.7. The number of rotatable bonds is 3. The number of hydrogen-bond donors (Lipinski definition) is 2. The van der Waals surface area contributed by atoms with Gasteiger partial charge >= 0.3 is 5.97 Å². The lowest BCUT2D eigenvalue weighted by Crippen LogP contribution is -1.91. The van der Waals surface area contributed by atoms with Gasteiger partial charge in [0.2, 0.25) is 0 Å². The van der Waals surface area contributed by atoms with Crippen LogP contribution in [-0.4, -0.2) is 21.2 Å². The minimum atomic E-state index is -1.15. The Morgan fingerprint density at radius 3 is 2.82 bits per heavy atom. The molecule has 88 valence electrons. The molecule has 0 unspecified atom stereocenters. The Hall–Kier alpha value is -1.79. The molecule has 2 aromatic rings. The van der Waals surface area contributed by atoms with Crippen molar-refractivity contribution < 1.29 is 19.7 Å². The Kier molecular flexibility index (Phi) is 3.16. The molecule has 0 fully saturated rings. The monoisotopic (exact) mass is 271 g/mol. The summed E-state index contributed by atoms with van der Waals surface area (Å²) in [5.74, 6) is -0.755. The molecule has 0 atom stereocenters. The third-order valence-corrected chi connectivity index (χ3v) is 3.09. The van der Waals surface area contributed by atoms with E-state index in [0.717, 1.165) is 11.3 Å². The molecule has 0 saturated heterocycles. The lowest BCUT2D eigenvalue weighted by molar-refractivity contribution is 0.0702. The summed E-state index contributed by atoms with van der Waals surface area (Å²) >= 11 is 6.45. The third kappa shape index (κ3) is 2.66. The Bertz CT molecular complexity index is 569. The fourth-order valence-corrected chi connectivity index (χ4v) is 2.10. The first-order valence-electron chi connectivity index (χ1n) is 4.43. The van der Waals surface area contributed by atoms with E-state index < -0.39 is 5.97 Å². The summed E-state index contributed by atoms with van der Waals surface area (Å²) in [7, 11) is 0. The average Bonchev–Trinajstić information content (AvgIpc) is 2.59. The number of thiazole rings is 1. The van der Waals surface area contributed by atoms with Gasteiger partial charge in [-0.05, 0) is 12.1 Å². The molecule has 17 heavy (non-hydrogen) atoms. The van der Waals surface area contributed by atoms with Crippen LogP contribution in [0.3, 0.4) is 0 Å². The Balaban J connectivity index is 2.25. The van der Waals surface area contributed by atoms with Gasteiger partial charge in [0.25, 0.3) is 5.19 Å². The zero-order chi connectivity index (χ0) is 12.4. The first-order chi connectivity index (χ1) is 8.06. The third-order valence-electron chi connectivity index (χ3n) is 1.78. The molecule has 0 aliphatic heterocycles. The van der Waals surface area contributed by atoms with E-state index >= 15 is 0 Å². The number of carboxylic acids is 1. The molecule has 1 heterocycles. The molecule has 0 aliphatic carbocycles. The van der Waals surface area contributed by atoms with Gasteiger partial charge in [0.1, 0.15) is 11.5 Å². The molecule has 7 heteroatoms. The van der Waals surface area contributed by atoms with Crippen molar-refractivity contribution in [3.8, 4) is 16.7 Å². The maximum atomic E-state index is 10.7. The molecule has 2 N–H and O–H groups in total. The van der Waals surface area contributed by atoms with E-state index in [-0.39, 0.29) is 21.0 Å². The molecule has 2 rings (SSSR count). The number of aromatic carboxylic acids is 1. The smallest absolute Gasteiger partial charge is 0.349 e. The highest BCUT2D eigenvalue weighted by Crippen LogP contribution is 2.32. The fourth-order valence-electron chi connectivity index (χ4n) is 1.11. The summed E-state index contributed by atoms with van der Waals surface area (Å²) < 4.78 is 5.27. The zero-order valence-electron chi connectivity index (χ0n) is 8.25. The molecule has 5 nitrogen and oxygen atoms in total. The number of ether oxygens (including phenoxy) is 1. The molecule has 0 spiro atoms. The molecular weight excluding hydrogens is 266 g/mol. The Morgan fingerprint density at radius 2 is 2.24 bits per heavy atom. The van der Waals surface area contributed by atoms with E-state index in [2.05, 4.69) is 4.98 Å². The molecule has 0 amide bonds. The van der Waals surface area contributed by atoms with E-state index in [4.69, 9.17) is 21.4 Å². The molecular formula is C10H6ClNO4S. The normalized spacial score (nSPS) is 10.2. The summed E-state index contributed by atoms with van der Waals surface area (Å²) in [6.45, 7) is 0. The SMILES string of the molecule is O=C(O)c1sc(Oc2cccc(O)c2)nc1Cl. The van der Waals surface area contributed by atoms with Crippen molar-refractivity contribution in [3.05, 3.63) is 34.3 Å². The number of phenols is 1. The van der Waals surface area contributed by atoms with Gasteiger partial charge in [-0.2, -0.15) is 4.98 Å². The topological polar surface area (TPSA) is 79.7 Å². The van der Waals surface area contributed by atoms with Crippen LogP contribution in [0, 0.1) is 0 Å². The van der Waals surface area contributed by atoms with Gasteiger partial charge in [0, 0.05) is 6.07 Å². The summed E-state index contributed by atoms with van der Waals surface area (Å²) in [6, 6.07) is 6.08. The van der Waals surface area contributed by atoms with Gasteiger partial charge in [-0.25, -0.2) is 4.79 Å². The van der Waals surface area contributed by atoms with Crippen LogP contribution in [0.25, 0.3) is 0 Å². The summed E-state index contributed by atoms with van der Waals surface area (Å²) in [4.78, 5) is 14.4. The van der Waals surface area contributed by atoms with E-state index in [1.54, 1.807) is 12.1 Å². The average molecular weight is 272 g/mol. The zero-order valence-corrected chi connectivity index (χ0v) is 9.83. The van der Waals surface area contributed by atoms with E-state index in [9.17, 15) is 9.90 Å². The maximum Gasteiger partial charge on any atom is 0.349 e. The van der Waals surface area contributed by atoms with Crippen molar-refractivity contribution in [3.63, 3.8) is 0 Å². The minimum Gasteiger partial charge on any atom is -0.508 e. The first-order valence-corrected chi connectivity index (χ1v) is 5.62. The predicted molar refractivity (Wildman–Crippen MR) is 62.3 cm³/mol. The van der Waals surface area contributed by atoms with Gasteiger partial charge in [0.05, 0.1) is 0 Å². The number of aromatic nitrogens is 1. The Labute approximate surface area is 105 Å². The van der Waals surface area contributed by atoms with Crippen LogP contribution < -0.4 is 4.74 Å². The summed E-state index contributed by atoms with van der Waals surface area (Å²) in [6.07, 6.45) is 0. The molecule has 0 radical (unpaired) electrons. The highest BCUT2D eigenvalue weighted by molar-refractivity contribution is 7.15. The van der Waals surface area contributed by atoms with Crippen LogP contribution in [-0.2, 0) is 0 Å². The van der Waals surface area contributed by atoms with Crippen molar-refractivity contribution in [2.75, 3.05) is 0 Å². The number of carbonyl (C=O) groups is 1. The molecule has 1 aromatic carbocycles. The number of hydrogen-bond acceptors (Lipinski definition) is 5. The lowest BCUT2D eigenvalue weighted by atomic mass is 10.3.